The lowest BCUT2D eigenvalue weighted by Gasteiger charge is -2.10. The Morgan fingerprint density at radius 3 is 2.80 bits per heavy atom. The number of benzene rings is 1. The molecule has 1 aromatic carbocycles. The van der Waals surface area contributed by atoms with Crippen LogP contribution in [0, 0.1) is 12.8 Å². The van der Waals surface area contributed by atoms with Crippen LogP contribution in [0.25, 0.3) is 10.9 Å². The summed E-state index contributed by atoms with van der Waals surface area (Å²) in [5.41, 5.74) is 1.46. The van der Waals surface area contributed by atoms with Crippen molar-refractivity contribution in [2.24, 2.45) is 5.92 Å². The Morgan fingerprint density at radius 2 is 2.08 bits per heavy atom. The summed E-state index contributed by atoms with van der Waals surface area (Å²) in [5, 5.41) is 13.7. The lowest BCUT2D eigenvalue weighted by atomic mass is 10.1. The van der Waals surface area contributed by atoms with Gasteiger partial charge in [-0.1, -0.05) is 43.4 Å². The second kappa shape index (κ2) is 7.93. The monoisotopic (exact) mass is 372 g/mol. The summed E-state index contributed by atoms with van der Waals surface area (Å²) in [6.45, 7) is 6.88. The number of para-hydroxylation sites is 1. The van der Waals surface area contributed by atoms with Gasteiger partial charge >= 0.3 is 0 Å². The van der Waals surface area contributed by atoms with E-state index < -0.39 is 0 Å². The number of carbonyl (C=O) groups excluding carboxylic acids is 1. The number of hydrogen-bond acceptors (Lipinski definition) is 6. The Labute approximate surface area is 155 Å². The molecular weight excluding hydrogens is 352 g/mol. The number of hydrogen-bond donors (Lipinski definition) is 1. The summed E-state index contributed by atoms with van der Waals surface area (Å²) in [4.78, 5) is 17.3. The average Bonchev–Trinajstić information content (AvgIpc) is 2.98. The zero-order valence-electron chi connectivity index (χ0n) is 14.4. The van der Waals surface area contributed by atoms with Crippen molar-refractivity contribution in [3.05, 3.63) is 40.9 Å². The quantitative estimate of drug-likeness (QED) is 0.698. The summed E-state index contributed by atoms with van der Waals surface area (Å²) in [6, 6.07) is 9.56. The maximum atomic E-state index is 12.7. The van der Waals surface area contributed by atoms with E-state index in [4.69, 9.17) is 0 Å². The first-order chi connectivity index (χ1) is 12.0. The van der Waals surface area contributed by atoms with E-state index in [1.807, 2.05) is 37.3 Å². The number of aryl methyl sites for hydroxylation is 1. The fourth-order valence-corrected chi connectivity index (χ4v) is 4.15. The third kappa shape index (κ3) is 4.55. The Bertz CT molecular complexity index is 892. The molecular formula is C18H20N4OS2. The van der Waals surface area contributed by atoms with Gasteiger partial charge in [0.15, 0.2) is 4.34 Å². The summed E-state index contributed by atoms with van der Waals surface area (Å²) in [5.74, 6) is 0.496. The van der Waals surface area contributed by atoms with Crippen LogP contribution in [0.2, 0.25) is 0 Å². The molecule has 3 rings (SSSR count). The first-order valence-corrected chi connectivity index (χ1v) is 9.82. The zero-order valence-corrected chi connectivity index (χ0v) is 16.1. The number of aromatic nitrogens is 3. The summed E-state index contributed by atoms with van der Waals surface area (Å²) < 4.78 is 0.825. The number of rotatable bonds is 6. The van der Waals surface area contributed by atoms with Gasteiger partial charge in [-0.25, -0.2) is 4.98 Å². The van der Waals surface area contributed by atoms with Crippen molar-refractivity contribution in [1.82, 2.24) is 20.5 Å². The van der Waals surface area contributed by atoms with Gasteiger partial charge in [0.1, 0.15) is 10.0 Å². The minimum Gasteiger partial charge on any atom is -0.352 e. The Balaban J connectivity index is 1.90. The van der Waals surface area contributed by atoms with E-state index >= 15 is 0 Å². The third-order valence-electron chi connectivity index (χ3n) is 3.64. The van der Waals surface area contributed by atoms with Gasteiger partial charge in [0.05, 0.1) is 11.1 Å². The molecule has 1 amide bonds. The van der Waals surface area contributed by atoms with Crippen molar-refractivity contribution in [1.29, 1.82) is 0 Å². The maximum Gasteiger partial charge on any atom is 0.252 e. The third-order valence-corrected chi connectivity index (χ3v) is 5.45. The van der Waals surface area contributed by atoms with Gasteiger partial charge in [0, 0.05) is 11.9 Å². The van der Waals surface area contributed by atoms with Crippen LogP contribution >= 0.6 is 23.1 Å². The van der Waals surface area contributed by atoms with Crippen molar-refractivity contribution >= 4 is 39.9 Å². The molecule has 2 heterocycles. The van der Waals surface area contributed by atoms with Gasteiger partial charge in [-0.2, -0.15) is 0 Å². The molecule has 2 aromatic heterocycles. The summed E-state index contributed by atoms with van der Waals surface area (Å²) in [7, 11) is 0. The molecule has 0 saturated heterocycles. The van der Waals surface area contributed by atoms with Gasteiger partial charge in [0.25, 0.3) is 5.91 Å². The predicted octanol–water partition coefficient (Wildman–Crippen LogP) is 4.32. The van der Waals surface area contributed by atoms with E-state index in [2.05, 4.69) is 34.3 Å². The van der Waals surface area contributed by atoms with Crippen molar-refractivity contribution in [3.63, 3.8) is 0 Å². The van der Waals surface area contributed by atoms with E-state index in [0.717, 1.165) is 31.7 Å². The number of pyridine rings is 1. The number of nitrogens with zero attached hydrogens (tertiary/aromatic N) is 3. The van der Waals surface area contributed by atoms with Crippen LogP contribution in [-0.4, -0.2) is 27.6 Å². The highest BCUT2D eigenvalue weighted by Gasteiger charge is 2.14. The smallest absolute Gasteiger partial charge is 0.252 e. The Morgan fingerprint density at radius 1 is 1.28 bits per heavy atom. The highest BCUT2D eigenvalue weighted by molar-refractivity contribution is 8.01. The van der Waals surface area contributed by atoms with Gasteiger partial charge in [-0.15, -0.1) is 10.2 Å². The van der Waals surface area contributed by atoms with Gasteiger partial charge in [0.2, 0.25) is 0 Å². The van der Waals surface area contributed by atoms with E-state index in [1.54, 1.807) is 0 Å². The number of amides is 1. The normalized spacial score (nSPS) is 11.2. The van der Waals surface area contributed by atoms with Crippen LogP contribution in [0.15, 0.2) is 39.7 Å². The van der Waals surface area contributed by atoms with Crippen LogP contribution in [0.4, 0.5) is 0 Å². The van der Waals surface area contributed by atoms with Gasteiger partial charge in [-0.05, 0) is 43.2 Å². The van der Waals surface area contributed by atoms with E-state index in [1.165, 1.54) is 23.1 Å². The van der Waals surface area contributed by atoms with E-state index in [-0.39, 0.29) is 5.91 Å². The van der Waals surface area contributed by atoms with Crippen LogP contribution in [0.5, 0.6) is 0 Å². The molecule has 0 unspecified atom stereocenters. The molecule has 0 aliphatic carbocycles. The Kier molecular flexibility index (Phi) is 5.65. The van der Waals surface area contributed by atoms with Crippen molar-refractivity contribution < 1.29 is 4.79 Å². The number of carbonyl (C=O) groups is 1. The molecule has 0 radical (unpaired) electrons. The fraction of sp³-hybridized carbons (Fsp3) is 0.333. The molecule has 0 bridgehead atoms. The van der Waals surface area contributed by atoms with Crippen LogP contribution in [0.1, 0.15) is 35.6 Å². The average molecular weight is 373 g/mol. The molecule has 0 aliphatic rings. The second-order valence-electron chi connectivity index (χ2n) is 6.15. The topological polar surface area (TPSA) is 67.8 Å². The lowest BCUT2D eigenvalue weighted by molar-refractivity contribution is 0.0953. The predicted molar refractivity (Wildman–Crippen MR) is 102 cm³/mol. The van der Waals surface area contributed by atoms with Crippen LogP contribution in [0.3, 0.4) is 0 Å². The van der Waals surface area contributed by atoms with E-state index in [0.29, 0.717) is 18.0 Å². The van der Waals surface area contributed by atoms with Gasteiger partial charge < -0.3 is 5.32 Å². The highest BCUT2D eigenvalue weighted by atomic mass is 32.2. The molecule has 25 heavy (non-hydrogen) atoms. The molecule has 7 heteroatoms. The number of nitrogens with one attached hydrogen (secondary N) is 1. The zero-order chi connectivity index (χ0) is 17.8. The molecule has 0 aliphatic heterocycles. The Hall–Kier alpha value is -1.99. The number of fused-ring (bicyclic) bond motifs is 1. The van der Waals surface area contributed by atoms with Crippen LogP contribution in [-0.2, 0) is 0 Å². The highest BCUT2D eigenvalue weighted by Crippen LogP contribution is 2.31. The molecule has 3 aromatic rings. The maximum absolute atomic E-state index is 12.7. The van der Waals surface area contributed by atoms with Crippen molar-refractivity contribution in [2.75, 3.05) is 6.54 Å². The molecule has 5 nitrogen and oxygen atoms in total. The fourth-order valence-electron chi connectivity index (χ4n) is 2.37. The van der Waals surface area contributed by atoms with E-state index in [9.17, 15) is 4.79 Å². The molecule has 130 valence electrons. The molecule has 0 fully saturated rings. The standard InChI is InChI=1S/C18H20N4OS2/c1-11(2)8-9-19-17(23)14-10-16(25-18-22-21-12(3)24-18)20-15-7-5-4-6-13(14)15/h4-7,10-11H,8-9H2,1-3H3,(H,19,23). The molecule has 1 N–H and O–H groups in total. The first-order valence-electron chi connectivity index (χ1n) is 8.19. The summed E-state index contributed by atoms with van der Waals surface area (Å²) in [6.07, 6.45) is 0.959. The minimum absolute atomic E-state index is 0.0606. The summed E-state index contributed by atoms with van der Waals surface area (Å²) >= 11 is 2.96. The molecule has 0 saturated carbocycles. The van der Waals surface area contributed by atoms with Crippen LogP contribution < -0.4 is 5.32 Å². The second-order valence-corrected chi connectivity index (χ2v) is 8.60. The van der Waals surface area contributed by atoms with Crippen molar-refractivity contribution in [2.45, 2.75) is 36.6 Å². The van der Waals surface area contributed by atoms with Crippen molar-refractivity contribution in [3.8, 4) is 0 Å². The lowest BCUT2D eigenvalue weighted by Crippen LogP contribution is -2.25. The SMILES string of the molecule is Cc1nnc(Sc2cc(C(=O)NCCC(C)C)c3ccccc3n2)s1. The molecule has 0 spiro atoms. The minimum atomic E-state index is -0.0606. The van der Waals surface area contributed by atoms with Gasteiger partial charge in [-0.3, -0.25) is 4.79 Å². The first kappa shape index (κ1) is 17.8. The largest absolute Gasteiger partial charge is 0.352 e. The molecule has 0 atom stereocenters.